The second kappa shape index (κ2) is 7.34. The Morgan fingerprint density at radius 2 is 1.74 bits per heavy atom. The molecule has 1 unspecified atom stereocenters. The van der Waals surface area contributed by atoms with E-state index in [1.807, 2.05) is 0 Å². The minimum absolute atomic E-state index is 0.180. The summed E-state index contributed by atoms with van der Waals surface area (Å²) in [5.74, 6) is -1.31. The summed E-state index contributed by atoms with van der Waals surface area (Å²) in [5, 5.41) is 0. The lowest BCUT2D eigenvalue weighted by molar-refractivity contribution is -0.144. The van der Waals surface area contributed by atoms with E-state index < -0.39 is 29.5 Å². The molecule has 0 aliphatic carbocycles. The second-order valence-corrected chi connectivity index (χ2v) is 5.24. The lowest BCUT2D eigenvalue weighted by atomic mass is 10.2. The Morgan fingerprint density at radius 3 is 2.26 bits per heavy atom. The van der Waals surface area contributed by atoms with Crippen LogP contribution in [0.25, 0.3) is 0 Å². The number of likely N-dealkylation sites (N-methyl/N-ethyl adjacent to an activating group) is 2. The second-order valence-electron chi connectivity index (χ2n) is 5.24. The van der Waals surface area contributed by atoms with Crippen LogP contribution in [-0.4, -0.2) is 55.4 Å². The number of nitrogens with zero attached hydrogens (tertiary/aromatic N) is 2. The molecule has 1 aromatic rings. The molecule has 0 saturated heterocycles. The van der Waals surface area contributed by atoms with E-state index in [1.165, 1.54) is 31.0 Å². The first kappa shape index (κ1) is 18.8. The standard InChI is InChI=1S/C15H19F3N2O3/c1-10(14(22)20(4)9-13(21)19(2)3)23-12-8-6-5-7-11(12)15(16,17)18/h5-8,10H,9H2,1-4H3. The molecule has 0 spiro atoms. The molecule has 0 aliphatic rings. The first-order chi connectivity index (χ1) is 10.5. The predicted molar refractivity (Wildman–Crippen MR) is 77.9 cm³/mol. The molecule has 5 nitrogen and oxygen atoms in total. The molecule has 1 aromatic carbocycles. The number of alkyl halides is 3. The van der Waals surface area contributed by atoms with Crippen molar-refractivity contribution in [2.45, 2.75) is 19.2 Å². The van der Waals surface area contributed by atoms with E-state index in [9.17, 15) is 22.8 Å². The highest BCUT2D eigenvalue weighted by molar-refractivity contribution is 5.86. The predicted octanol–water partition coefficient (Wildman–Crippen LogP) is 2.02. The molecule has 1 rings (SSSR count). The van der Waals surface area contributed by atoms with E-state index >= 15 is 0 Å². The zero-order chi connectivity index (χ0) is 17.8. The minimum atomic E-state index is -4.58. The van der Waals surface area contributed by atoms with Crippen molar-refractivity contribution in [2.75, 3.05) is 27.7 Å². The van der Waals surface area contributed by atoms with Crippen LogP contribution in [0.5, 0.6) is 5.75 Å². The molecule has 0 radical (unpaired) electrons. The molecule has 0 N–H and O–H groups in total. The average Bonchev–Trinajstić information content (AvgIpc) is 2.45. The summed E-state index contributed by atoms with van der Waals surface area (Å²) in [5.41, 5.74) is -0.952. The van der Waals surface area contributed by atoms with Crippen LogP contribution in [0.4, 0.5) is 13.2 Å². The molecular weight excluding hydrogens is 313 g/mol. The van der Waals surface area contributed by atoms with E-state index in [4.69, 9.17) is 4.74 Å². The van der Waals surface area contributed by atoms with Crippen molar-refractivity contribution >= 4 is 11.8 Å². The Bertz CT molecular complexity index is 573. The molecule has 0 bridgehead atoms. The maximum absolute atomic E-state index is 12.9. The number of para-hydroxylation sites is 1. The van der Waals surface area contributed by atoms with Crippen molar-refractivity contribution < 1.29 is 27.5 Å². The molecular formula is C15H19F3N2O3. The molecule has 0 heterocycles. The first-order valence-electron chi connectivity index (χ1n) is 6.82. The third-order valence-corrected chi connectivity index (χ3v) is 3.09. The van der Waals surface area contributed by atoms with E-state index in [2.05, 4.69) is 0 Å². The average molecular weight is 332 g/mol. The monoisotopic (exact) mass is 332 g/mol. The Morgan fingerprint density at radius 1 is 1.17 bits per heavy atom. The Kier molecular flexibility index (Phi) is 6.00. The molecule has 23 heavy (non-hydrogen) atoms. The van der Waals surface area contributed by atoms with Crippen molar-refractivity contribution in [1.82, 2.24) is 9.80 Å². The fourth-order valence-corrected chi connectivity index (χ4v) is 1.78. The van der Waals surface area contributed by atoms with Gasteiger partial charge in [-0.1, -0.05) is 12.1 Å². The number of amides is 2. The quantitative estimate of drug-likeness (QED) is 0.829. The van der Waals surface area contributed by atoms with E-state index in [1.54, 1.807) is 14.1 Å². The zero-order valence-electron chi connectivity index (χ0n) is 13.3. The van der Waals surface area contributed by atoms with Crippen LogP contribution in [-0.2, 0) is 15.8 Å². The van der Waals surface area contributed by atoms with E-state index in [0.29, 0.717) is 0 Å². The number of hydrogen-bond donors (Lipinski definition) is 0. The van der Waals surface area contributed by atoms with Crippen LogP contribution in [0.2, 0.25) is 0 Å². The van der Waals surface area contributed by atoms with Gasteiger partial charge in [0.15, 0.2) is 6.10 Å². The van der Waals surface area contributed by atoms with Gasteiger partial charge in [-0.25, -0.2) is 0 Å². The van der Waals surface area contributed by atoms with Crippen LogP contribution in [0.3, 0.4) is 0 Å². The summed E-state index contributed by atoms with van der Waals surface area (Å²) in [7, 11) is 4.47. The summed E-state index contributed by atoms with van der Waals surface area (Å²) in [4.78, 5) is 26.1. The number of rotatable bonds is 5. The summed E-state index contributed by atoms with van der Waals surface area (Å²) >= 11 is 0. The van der Waals surface area contributed by atoms with Crippen LogP contribution in [0, 0.1) is 0 Å². The number of hydrogen-bond acceptors (Lipinski definition) is 3. The van der Waals surface area contributed by atoms with Gasteiger partial charge in [-0.05, 0) is 19.1 Å². The summed E-state index contributed by atoms with van der Waals surface area (Å²) in [6.45, 7) is 1.16. The first-order valence-corrected chi connectivity index (χ1v) is 6.82. The smallest absolute Gasteiger partial charge is 0.419 e. The highest BCUT2D eigenvalue weighted by Crippen LogP contribution is 2.36. The molecule has 2 amide bonds. The van der Waals surface area contributed by atoms with Crippen molar-refractivity contribution in [1.29, 1.82) is 0 Å². The molecule has 0 aliphatic heterocycles. The van der Waals surface area contributed by atoms with Gasteiger partial charge in [-0.15, -0.1) is 0 Å². The van der Waals surface area contributed by atoms with Crippen LogP contribution < -0.4 is 4.74 Å². The van der Waals surface area contributed by atoms with Crippen LogP contribution >= 0.6 is 0 Å². The number of halogens is 3. The highest BCUT2D eigenvalue weighted by atomic mass is 19.4. The van der Waals surface area contributed by atoms with E-state index in [-0.39, 0.29) is 12.5 Å². The fourth-order valence-electron chi connectivity index (χ4n) is 1.78. The van der Waals surface area contributed by atoms with E-state index in [0.717, 1.165) is 17.0 Å². The maximum atomic E-state index is 12.9. The van der Waals surface area contributed by atoms with Gasteiger partial charge in [0.05, 0.1) is 12.1 Å². The van der Waals surface area contributed by atoms with Crippen LogP contribution in [0.1, 0.15) is 12.5 Å². The van der Waals surface area contributed by atoms with Crippen molar-refractivity contribution in [3.63, 3.8) is 0 Å². The normalized spacial score (nSPS) is 12.5. The highest BCUT2D eigenvalue weighted by Gasteiger charge is 2.35. The third-order valence-electron chi connectivity index (χ3n) is 3.09. The van der Waals surface area contributed by atoms with Crippen molar-refractivity contribution in [3.8, 4) is 5.75 Å². The molecule has 0 saturated carbocycles. The zero-order valence-corrected chi connectivity index (χ0v) is 13.3. The lowest BCUT2D eigenvalue weighted by Crippen LogP contribution is -2.43. The molecule has 0 fully saturated rings. The summed E-state index contributed by atoms with van der Waals surface area (Å²) in [6.07, 6.45) is -5.73. The minimum Gasteiger partial charge on any atom is -0.480 e. The molecule has 1 atom stereocenters. The Balaban J connectivity index is 2.82. The number of benzene rings is 1. The summed E-state index contributed by atoms with van der Waals surface area (Å²) in [6, 6.07) is 4.66. The van der Waals surface area contributed by atoms with Gasteiger partial charge in [0.25, 0.3) is 5.91 Å². The third kappa shape index (κ3) is 5.15. The topological polar surface area (TPSA) is 49.9 Å². The number of carbonyl (C=O) groups excluding carboxylic acids is 2. The molecule has 128 valence electrons. The van der Waals surface area contributed by atoms with Crippen LogP contribution in [0.15, 0.2) is 24.3 Å². The maximum Gasteiger partial charge on any atom is 0.419 e. The van der Waals surface area contributed by atoms with Gasteiger partial charge in [0, 0.05) is 21.1 Å². The largest absolute Gasteiger partial charge is 0.480 e. The van der Waals surface area contributed by atoms with Gasteiger partial charge >= 0.3 is 6.18 Å². The fraction of sp³-hybridized carbons (Fsp3) is 0.467. The molecule has 8 heteroatoms. The van der Waals surface area contributed by atoms with Gasteiger partial charge < -0.3 is 14.5 Å². The summed E-state index contributed by atoms with van der Waals surface area (Å²) < 4.78 is 43.8. The molecule has 0 aromatic heterocycles. The Labute approximate surface area is 132 Å². The number of carbonyl (C=O) groups is 2. The number of ether oxygens (including phenoxy) is 1. The van der Waals surface area contributed by atoms with Crippen molar-refractivity contribution in [3.05, 3.63) is 29.8 Å². The van der Waals surface area contributed by atoms with Crippen molar-refractivity contribution in [2.24, 2.45) is 0 Å². The Hall–Kier alpha value is -2.25. The van der Waals surface area contributed by atoms with Gasteiger partial charge in [-0.2, -0.15) is 13.2 Å². The SMILES string of the molecule is CC(Oc1ccccc1C(F)(F)F)C(=O)N(C)CC(=O)N(C)C. The van der Waals surface area contributed by atoms with Gasteiger partial charge in [0.2, 0.25) is 5.91 Å². The lowest BCUT2D eigenvalue weighted by Gasteiger charge is -2.24. The van der Waals surface area contributed by atoms with Gasteiger partial charge in [-0.3, -0.25) is 9.59 Å². The van der Waals surface area contributed by atoms with Gasteiger partial charge in [0.1, 0.15) is 5.75 Å².